The van der Waals surface area contributed by atoms with Gasteiger partial charge in [-0.15, -0.1) is 0 Å². The van der Waals surface area contributed by atoms with E-state index in [0.717, 1.165) is 41.8 Å². The highest BCUT2D eigenvalue weighted by Crippen LogP contribution is 2.32. The molecule has 33 heavy (non-hydrogen) atoms. The zero-order valence-electron chi connectivity index (χ0n) is 19.3. The van der Waals surface area contributed by atoms with Crippen LogP contribution in [0.4, 0.5) is 10.5 Å². The lowest BCUT2D eigenvalue weighted by atomic mass is 9.92. The van der Waals surface area contributed by atoms with Gasteiger partial charge >= 0.3 is 6.03 Å². The van der Waals surface area contributed by atoms with Gasteiger partial charge in [-0.25, -0.2) is 9.48 Å². The minimum Gasteiger partial charge on any atom is -0.345 e. The number of amides is 3. The van der Waals surface area contributed by atoms with Gasteiger partial charge in [0.2, 0.25) is 0 Å². The molecule has 0 unspecified atom stereocenters. The zero-order chi connectivity index (χ0) is 23.1. The summed E-state index contributed by atoms with van der Waals surface area (Å²) in [6, 6.07) is 11.6. The first kappa shape index (κ1) is 21.2. The molecule has 1 aliphatic carbocycles. The molecule has 2 heterocycles. The molecule has 2 aliphatic rings. The van der Waals surface area contributed by atoms with E-state index in [1.165, 1.54) is 16.8 Å². The SMILES string of the molecule is Cc1ccc(C(=O)N[C@@H]2CCCc3c2cnn3-c2cccc(C)c2C)cc1N1CCNC1=O. The van der Waals surface area contributed by atoms with Gasteiger partial charge in [0.15, 0.2) is 0 Å². The molecule has 0 bridgehead atoms. The molecular formula is C26H29N5O2. The van der Waals surface area contributed by atoms with E-state index in [1.54, 1.807) is 4.90 Å². The van der Waals surface area contributed by atoms with Gasteiger partial charge in [0.25, 0.3) is 5.91 Å². The lowest BCUT2D eigenvalue weighted by Crippen LogP contribution is -2.32. The maximum atomic E-state index is 13.2. The number of anilines is 1. The molecule has 1 aromatic heterocycles. The van der Waals surface area contributed by atoms with Crippen LogP contribution in [-0.4, -0.2) is 34.8 Å². The molecule has 3 amide bonds. The second-order valence-corrected chi connectivity index (χ2v) is 8.98. The molecule has 1 aliphatic heterocycles. The van der Waals surface area contributed by atoms with Crippen molar-refractivity contribution in [2.24, 2.45) is 0 Å². The number of carbonyl (C=O) groups excluding carboxylic acids is 2. The number of nitrogens with zero attached hydrogens (tertiary/aromatic N) is 3. The summed E-state index contributed by atoms with van der Waals surface area (Å²) in [6.07, 6.45) is 4.70. The van der Waals surface area contributed by atoms with Crippen molar-refractivity contribution < 1.29 is 9.59 Å². The summed E-state index contributed by atoms with van der Waals surface area (Å²) in [5.74, 6) is -0.131. The largest absolute Gasteiger partial charge is 0.345 e. The van der Waals surface area contributed by atoms with Gasteiger partial charge in [-0.05, 0) is 74.9 Å². The van der Waals surface area contributed by atoms with Gasteiger partial charge in [0.05, 0.1) is 17.9 Å². The summed E-state index contributed by atoms with van der Waals surface area (Å²) in [4.78, 5) is 27.0. The number of urea groups is 1. The van der Waals surface area contributed by atoms with E-state index in [4.69, 9.17) is 5.10 Å². The fourth-order valence-corrected chi connectivity index (χ4v) is 4.86. The molecule has 1 atom stereocenters. The fourth-order valence-electron chi connectivity index (χ4n) is 4.86. The van der Waals surface area contributed by atoms with Gasteiger partial charge < -0.3 is 10.6 Å². The highest BCUT2D eigenvalue weighted by Gasteiger charge is 2.28. The molecule has 2 aromatic carbocycles. The van der Waals surface area contributed by atoms with Crippen molar-refractivity contribution in [3.8, 4) is 5.69 Å². The van der Waals surface area contributed by atoms with E-state index in [-0.39, 0.29) is 18.0 Å². The Morgan fingerprint density at radius 1 is 1.12 bits per heavy atom. The Morgan fingerprint density at radius 2 is 1.97 bits per heavy atom. The van der Waals surface area contributed by atoms with Gasteiger partial charge in [0, 0.05) is 35.6 Å². The third kappa shape index (κ3) is 3.77. The summed E-state index contributed by atoms with van der Waals surface area (Å²) in [6.45, 7) is 7.41. The monoisotopic (exact) mass is 443 g/mol. The molecule has 170 valence electrons. The van der Waals surface area contributed by atoms with Crippen molar-refractivity contribution >= 4 is 17.6 Å². The number of fused-ring (bicyclic) bond motifs is 1. The first-order valence-corrected chi connectivity index (χ1v) is 11.5. The number of benzene rings is 2. The normalized spacial score (nSPS) is 17.6. The van der Waals surface area contributed by atoms with Gasteiger partial charge in [0.1, 0.15) is 0 Å². The number of nitrogens with one attached hydrogen (secondary N) is 2. The van der Waals surface area contributed by atoms with Crippen LogP contribution in [0.5, 0.6) is 0 Å². The highest BCUT2D eigenvalue weighted by atomic mass is 16.2. The Hall–Kier alpha value is -3.61. The van der Waals surface area contributed by atoms with E-state index in [9.17, 15) is 9.59 Å². The minimum absolute atomic E-state index is 0.0834. The van der Waals surface area contributed by atoms with E-state index >= 15 is 0 Å². The van der Waals surface area contributed by atoms with Gasteiger partial charge in [-0.2, -0.15) is 5.10 Å². The van der Waals surface area contributed by atoms with Gasteiger partial charge in [-0.1, -0.05) is 18.2 Å². The van der Waals surface area contributed by atoms with Crippen LogP contribution in [0.15, 0.2) is 42.6 Å². The second-order valence-electron chi connectivity index (χ2n) is 8.98. The average molecular weight is 444 g/mol. The summed E-state index contributed by atoms with van der Waals surface area (Å²) in [5, 5.41) is 10.7. The van der Waals surface area contributed by atoms with Crippen LogP contribution < -0.4 is 15.5 Å². The third-order valence-electron chi connectivity index (χ3n) is 6.91. The van der Waals surface area contributed by atoms with Crippen molar-refractivity contribution in [3.05, 3.63) is 76.1 Å². The lowest BCUT2D eigenvalue weighted by molar-refractivity contribution is 0.0932. The van der Waals surface area contributed by atoms with Crippen molar-refractivity contribution in [1.29, 1.82) is 0 Å². The summed E-state index contributed by atoms with van der Waals surface area (Å²) >= 11 is 0. The summed E-state index contributed by atoms with van der Waals surface area (Å²) in [7, 11) is 0. The molecule has 0 saturated carbocycles. The Morgan fingerprint density at radius 3 is 2.76 bits per heavy atom. The maximum Gasteiger partial charge on any atom is 0.322 e. The van der Waals surface area contributed by atoms with Gasteiger partial charge in [-0.3, -0.25) is 9.69 Å². The average Bonchev–Trinajstić information content (AvgIpc) is 3.43. The zero-order valence-corrected chi connectivity index (χ0v) is 19.3. The topological polar surface area (TPSA) is 79.3 Å². The van der Waals surface area contributed by atoms with Crippen molar-refractivity contribution in [1.82, 2.24) is 20.4 Å². The lowest BCUT2D eigenvalue weighted by Gasteiger charge is -2.25. The van der Waals surface area contributed by atoms with Crippen molar-refractivity contribution in [2.45, 2.75) is 46.1 Å². The Bertz CT molecular complexity index is 1250. The Kier molecular flexibility index (Phi) is 5.40. The number of rotatable bonds is 4. The first-order valence-electron chi connectivity index (χ1n) is 11.5. The predicted octanol–water partition coefficient (Wildman–Crippen LogP) is 4.13. The van der Waals surface area contributed by atoms with Crippen LogP contribution in [-0.2, 0) is 6.42 Å². The Balaban J connectivity index is 1.41. The standard InChI is InChI=1S/C26H29N5O2/c1-16-6-4-8-22(18(16)3)31-23-9-5-7-21(20(23)15-28-31)29-25(32)19-11-10-17(2)24(14-19)30-13-12-27-26(30)33/h4,6,8,10-11,14-15,21H,5,7,9,12-13H2,1-3H3,(H,27,33)(H,29,32)/t21-/m1/s1. The highest BCUT2D eigenvalue weighted by molar-refractivity contribution is 5.99. The van der Waals surface area contributed by atoms with Crippen LogP contribution in [0.1, 0.15) is 57.2 Å². The quantitative estimate of drug-likeness (QED) is 0.636. The second kappa shape index (κ2) is 8.39. The Labute approximate surface area is 193 Å². The molecule has 1 fully saturated rings. The van der Waals surface area contributed by atoms with E-state index in [1.807, 2.05) is 36.0 Å². The fraction of sp³-hybridized carbons (Fsp3) is 0.346. The van der Waals surface area contributed by atoms with Crippen LogP contribution in [0.3, 0.4) is 0 Å². The third-order valence-corrected chi connectivity index (χ3v) is 6.91. The van der Waals surface area contributed by atoms with Crippen molar-refractivity contribution in [3.63, 3.8) is 0 Å². The van der Waals surface area contributed by atoms with Crippen molar-refractivity contribution in [2.75, 3.05) is 18.0 Å². The molecule has 0 spiro atoms. The molecular weight excluding hydrogens is 414 g/mol. The van der Waals surface area contributed by atoms with Crippen LogP contribution in [0.2, 0.25) is 0 Å². The molecule has 2 N–H and O–H groups in total. The van der Waals surface area contributed by atoms with E-state index in [0.29, 0.717) is 18.7 Å². The molecule has 7 nitrogen and oxygen atoms in total. The molecule has 0 radical (unpaired) electrons. The first-order chi connectivity index (χ1) is 15.9. The number of aromatic nitrogens is 2. The number of aryl methyl sites for hydroxylation is 2. The molecule has 5 rings (SSSR count). The predicted molar refractivity (Wildman–Crippen MR) is 128 cm³/mol. The molecule has 7 heteroatoms. The van der Waals surface area contributed by atoms with Crippen LogP contribution in [0, 0.1) is 20.8 Å². The van der Waals surface area contributed by atoms with Crippen LogP contribution >= 0.6 is 0 Å². The summed E-state index contributed by atoms with van der Waals surface area (Å²) in [5.41, 5.74) is 8.11. The minimum atomic E-state index is -0.131. The number of hydrogen-bond donors (Lipinski definition) is 2. The molecule has 3 aromatic rings. The summed E-state index contributed by atoms with van der Waals surface area (Å²) < 4.78 is 2.03. The number of hydrogen-bond acceptors (Lipinski definition) is 3. The van der Waals surface area contributed by atoms with E-state index in [2.05, 4.69) is 42.7 Å². The maximum absolute atomic E-state index is 13.2. The molecule has 1 saturated heterocycles. The smallest absolute Gasteiger partial charge is 0.322 e. The number of carbonyl (C=O) groups is 2. The van der Waals surface area contributed by atoms with Crippen LogP contribution in [0.25, 0.3) is 5.69 Å². The van der Waals surface area contributed by atoms with E-state index < -0.39 is 0 Å².